The Bertz CT molecular complexity index is 1450. The number of carbonyl (C=O) groups is 1. The molecule has 5 rings (SSSR count). The normalized spacial score (nSPS) is 17.3. The van der Waals surface area contributed by atoms with Crippen LogP contribution >= 0.6 is 27.3 Å². The van der Waals surface area contributed by atoms with E-state index in [-0.39, 0.29) is 19.0 Å². The zero-order chi connectivity index (χ0) is 22.4. The number of esters is 1. The molecule has 0 unspecified atom stereocenters. The van der Waals surface area contributed by atoms with Crippen molar-refractivity contribution in [3.05, 3.63) is 77.3 Å². The van der Waals surface area contributed by atoms with Gasteiger partial charge in [0, 0.05) is 6.08 Å². The van der Waals surface area contributed by atoms with E-state index in [0.717, 1.165) is 0 Å². The zero-order valence-electron chi connectivity index (χ0n) is 17.1. The minimum Gasteiger partial charge on any atom is -0.463 e. The minimum atomic E-state index is -0.717. The molecule has 0 saturated carbocycles. The predicted molar refractivity (Wildman–Crippen MR) is 119 cm³/mol. The summed E-state index contributed by atoms with van der Waals surface area (Å²) in [6.07, 6.45) is 1.66. The molecule has 0 fully saturated rings. The maximum absolute atomic E-state index is 13.5. The summed E-state index contributed by atoms with van der Waals surface area (Å²) in [5, 5.41) is 0. The Kier molecular flexibility index (Phi) is 5.26. The lowest BCUT2D eigenvalue weighted by atomic mass is 9.95. The van der Waals surface area contributed by atoms with Crippen LogP contribution in [0.1, 0.15) is 31.2 Å². The molecular formula is C22H17BrN2O6S. The van der Waals surface area contributed by atoms with Gasteiger partial charge in [0.2, 0.25) is 6.79 Å². The Morgan fingerprint density at radius 3 is 2.88 bits per heavy atom. The van der Waals surface area contributed by atoms with Crippen LogP contribution in [-0.4, -0.2) is 23.9 Å². The van der Waals surface area contributed by atoms with E-state index in [1.807, 2.05) is 6.07 Å². The Hall–Kier alpha value is -3.11. The van der Waals surface area contributed by atoms with E-state index in [1.54, 1.807) is 44.2 Å². The zero-order valence-corrected chi connectivity index (χ0v) is 19.5. The Morgan fingerprint density at radius 1 is 1.31 bits per heavy atom. The lowest BCUT2D eigenvalue weighted by Gasteiger charge is -2.24. The summed E-state index contributed by atoms with van der Waals surface area (Å²) < 4.78 is 24.3. The number of fused-ring (bicyclic) bond motifs is 2. The maximum Gasteiger partial charge on any atom is 0.338 e. The summed E-state index contributed by atoms with van der Waals surface area (Å²) in [4.78, 5) is 31.4. The fraction of sp³-hybridized carbons (Fsp3) is 0.227. The molecule has 0 aliphatic carbocycles. The fourth-order valence-electron chi connectivity index (χ4n) is 3.73. The van der Waals surface area contributed by atoms with E-state index in [4.69, 9.17) is 18.6 Å². The van der Waals surface area contributed by atoms with Crippen LogP contribution in [-0.2, 0) is 9.53 Å². The van der Waals surface area contributed by atoms with Gasteiger partial charge in [0.15, 0.2) is 21.0 Å². The van der Waals surface area contributed by atoms with Gasteiger partial charge >= 0.3 is 5.97 Å². The number of hydrogen-bond donors (Lipinski definition) is 0. The predicted octanol–water partition coefficient (Wildman–Crippen LogP) is 2.88. The average Bonchev–Trinajstić information content (AvgIpc) is 3.46. The van der Waals surface area contributed by atoms with Gasteiger partial charge in [-0.25, -0.2) is 9.79 Å². The second-order valence-corrected chi connectivity index (χ2v) is 8.85. The molecule has 0 N–H and O–H groups in total. The van der Waals surface area contributed by atoms with Gasteiger partial charge in [0.25, 0.3) is 5.56 Å². The lowest BCUT2D eigenvalue weighted by Crippen LogP contribution is -2.39. The van der Waals surface area contributed by atoms with Crippen LogP contribution in [0.4, 0.5) is 0 Å². The molecule has 2 aliphatic rings. The molecule has 1 atom stereocenters. The van der Waals surface area contributed by atoms with Gasteiger partial charge in [-0.3, -0.25) is 9.36 Å². The second kappa shape index (κ2) is 8.10. The number of aromatic nitrogens is 1. The van der Waals surface area contributed by atoms with Gasteiger partial charge in [-0.2, -0.15) is 0 Å². The number of thiazole rings is 1. The van der Waals surface area contributed by atoms with Crippen LogP contribution in [0.2, 0.25) is 0 Å². The minimum absolute atomic E-state index is 0.125. The molecule has 0 spiro atoms. The van der Waals surface area contributed by atoms with Crippen molar-refractivity contribution in [2.45, 2.75) is 19.9 Å². The van der Waals surface area contributed by atoms with Crippen molar-refractivity contribution in [3.8, 4) is 11.5 Å². The van der Waals surface area contributed by atoms with E-state index in [2.05, 4.69) is 20.9 Å². The highest BCUT2D eigenvalue weighted by atomic mass is 79.9. The highest BCUT2D eigenvalue weighted by Gasteiger charge is 2.34. The molecular weight excluding hydrogens is 500 g/mol. The van der Waals surface area contributed by atoms with Crippen LogP contribution in [0, 0.1) is 0 Å². The lowest BCUT2D eigenvalue weighted by molar-refractivity contribution is -0.139. The average molecular weight is 517 g/mol. The summed E-state index contributed by atoms with van der Waals surface area (Å²) in [6.45, 7) is 3.81. The first kappa shape index (κ1) is 20.8. The molecule has 3 aromatic rings. The van der Waals surface area contributed by atoms with Crippen molar-refractivity contribution >= 4 is 39.3 Å². The third-order valence-electron chi connectivity index (χ3n) is 5.10. The van der Waals surface area contributed by atoms with Crippen molar-refractivity contribution in [3.63, 3.8) is 0 Å². The van der Waals surface area contributed by atoms with Crippen LogP contribution in [0.3, 0.4) is 0 Å². The number of carbonyl (C=O) groups excluding carboxylic acids is 1. The molecule has 2 aliphatic heterocycles. The number of allylic oxidation sites excluding steroid dienone is 1. The van der Waals surface area contributed by atoms with Crippen molar-refractivity contribution in [1.29, 1.82) is 0 Å². The van der Waals surface area contributed by atoms with Crippen LogP contribution in [0.5, 0.6) is 11.5 Å². The van der Waals surface area contributed by atoms with Crippen molar-refractivity contribution in [2.24, 2.45) is 4.99 Å². The van der Waals surface area contributed by atoms with E-state index in [1.165, 1.54) is 15.9 Å². The maximum atomic E-state index is 13.5. The van der Waals surface area contributed by atoms with Crippen molar-refractivity contribution in [2.75, 3.05) is 13.4 Å². The largest absolute Gasteiger partial charge is 0.463 e. The Morgan fingerprint density at radius 2 is 2.12 bits per heavy atom. The van der Waals surface area contributed by atoms with Crippen LogP contribution in [0.15, 0.2) is 60.5 Å². The third-order valence-corrected chi connectivity index (χ3v) is 6.51. The molecule has 32 heavy (non-hydrogen) atoms. The first-order valence-corrected chi connectivity index (χ1v) is 11.4. The standard InChI is InChI=1S/C22H17BrN2O6S/c1-3-28-21(27)18-11(2)24-22-25(19(18)12-4-6-14-15(8-12)30-10-29-14)20(26)16(32-22)9-13-5-7-17(23)31-13/h4-9,19H,3,10H2,1-2H3/b16-9-/t19-/m1/s1. The number of rotatable bonds is 4. The SMILES string of the molecule is CCOC(=O)C1=C(C)N=c2s/c(=C\c3ccc(Br)o3)c(=O)n2[C@@H]1c1ccc2c(c1)OCO2. The first-order chi connectivity index (χ1) is 15.5. The van der Waals surface area contributed by atoms with Crippen LogP contribution in [0.25, 0.3) is 6.08 Å². The summed E-state index contributed by atoms with van der Waals surface area (Å²) >= 11 is 4.50. The second-order valence-electron chi connectivity index (χ2n) is 7.06. The molecule has 4 heterocycles. The quantitative estimate of drug-likeness (QED) is 0.495. The molecule has 8 nitrogen and oxygen atoms in total. The van der Waals surface area contributed by atoms with E-state index in [0.29, 0.717) is 48.1 Å². The van der Waals surface area contributed by atoms with E-state index >= 15 is 0 Å². The third kappa shape index (κ3) is 3.49. The van der Waals surface area contributed by atoms with E-state index in [9.17, 15) is 9.59 Å². The summed E-state index contributed by atoms with van der Waals surface area (Å²) in [6, 6.07) is 8.16. The summed E-state index contributed by atoms with van der Waals surface area (Å²) in [7, 11) is 0. The molecule has 0 saturated heterocycles. The van der Waals surface area contributed by atoms with Gasteiger partial charge in [-0.05, 0) is 59.6 Å². The molecule has 0 bridgehead atoms. The molecule has 0 radical (unpaired) electrons. The Labute approximate surface area is 194 Å². The van der Waals surface area contributed by atoms with Crippen molar-refractivity contribution in [1.82, 2.24) is 4.57 Å². The molecule has 10 heteroatoms. The van der Waals surface area contributed by atoms with Crippen molar-refractivity contribution < 1.29 is 23.4 Å². The highest BCUT2D eigenvalue weighted by Crippen LogP contribution is 2.38. The molecule has 1 aromatic carbocycles. The molecule has 164 valence electrons. The van der Waals surface area contributed by atoms with Gasteiger partial charge in [-0.15, -0.1) is 0 Å². The fourth-order valence-corrected chi connectivity index (χ4v) is 5.07. The number of ether oxygens (including phenoxy) is 3. The monoisotopic (exact) mass is 516 g/mol. The smallest absolute Gasteiger partial charge is 0.338 e. The summed E-state index contributed by atoms with van der Waals surface area (Å²) in [5.41, 5.74) is 1.23. The first-order valence-electron chi connectivity index (χ1n) is 9.81. The number of nitrogens with zero attached hydrogens (tertiary/aromatic N) is 2. The highest BCUT2D eigenvalue weighted by molar-refractivity contribution is 9.10. The topological polar surface area (TPSA) is 92.3 Å². The van der Waals surface area contributed by atoms with Crippen LogP contribution < -0.4 is 24.4 Å². The van der Waals surface area contributed by atoms with E-state index < -0.39 is 12.0 Å². The summed E-state index contributed by atoms with van der Waals surface area (Å²) in [5.74, 6) is 1.19. The molecule has 2 aromatic heterocycles. The number of furan rings is 1. The number of benzene rings is 1. The molecule has 0 amide bonds. The number of halogens is 1. The Balaban J connectivity index is 1.73. The van der Waals surface area contributed by atoms with Gasteiger partial charge in [0.05, 0.1) is 28.5 Å². The van der Waals surface area contributed by atoms with Gasteiger partial charge in [-0.1, -0.05) is 17.4 Å². The van der Waals surface area contributed by atoms with Gasteiger partial charge < -0.3 is 18.6 Å². The van der Waals surface area contributed by atoms with Gasteiger partial charge in [0.1, 0.15) is 5.76 Å². The number of hydrogen-bond acceptors (Lipinski definition) is 8.